The van der Waals surface area contributed by atoms with Gasteiger partial charge in [-0.05, 0) is 6.42 Å². The summed E-state index contributed by atoms with van der Waals surface area (Å²) in [5, 5.41) is 0. The van der Waals surface area contributed by atoms with Crippen LogP contribution in [0.5, 0.6) is 0 Å². The molecule has 0 aromatic heterocycles. The van der Waals surface area contributed by atoms with Gasteiger partial charge in [0.2, 0.25) is 0 Å². The molecule has 1 radical (unpaired) electrons. The molecule has 0 saturated carbocycles. The van der Waals surface area contributed by atoms with Gasteiger partial charge >= 0.3 is 0 Å². The second-order valence-electron chi connectivity index (χ2n) is 2.95. The van der Waals surface area contributed by atoms with E-state index in [4.69, 9.17) is 0 Å². The van der Waals surface area contributed by atoms with Crippen molar-refractivity contribution in [2.75, 3.05) is 0 Å². The standard InChI is InChI=1S/C13H10.Y/c1-3-7-12(8-4-1)11-13-9-5-2-6-10-13;/h1-7,9H,11H2;/q-2;. The van der Waals surface area contributed by atoms with E-state index in [9.17, 15) is 0 Å². The van der Waals surface area contributed by atoms with Gasteiger partial charge in [-0.2, -0.15) is 71.8 Å². The van der Waals surface area contributed by atoms with Crippen LogP contribution in [0.3, 0.4) is 0 Å². The number of rotatable bonds is 2. The van der Waals surface area contributed by atoms with Crippen molar-refractivity contribution in [3.63, 3.8) is 0 Å². The van der Waals surface area contributed by atoms with Crippen molar-refractivity contribution in [3.05, 3.63) is 71.8 Å². The molecule has 67 valence electrons. The van der Waals surface area contributed by atoms with Crippen LogP contribution in [0.2, 0.25) is 0 Å². The second-order valence-corrected chi connectivity index (χ2v) is 2.95. The zero-order valence-corrected chi connectivity index (χ0v) is 10.7. The van der Waals surface area contributed by atoms with Gasteiger partial charge < -0.3 is 0 Å². The molecule has 0 amide bonds. The van der Waals surface area contributed by atoms with Crippen LogP contribution in [0.1, 0.15) is 11.1 Å². The van der Waals surface area contributed by atoms with Crippen LogP contribution >= 0.6 is 0 Å². The van der Waals surface area contributed by atoms with Gasteiger partial charge in [0.15, 0.2) is 0 Å². The molecule has 2 aromatic rings. The van der Waals surface area contributed by atoms with E-state index in [1.165, 1.54) is 11.1 Å². The monoisotopic (exact) mass is 255 g/mol. The molecule has 0 atom stereocenters. The van der Waals surface area contributed by atoms with Gasteiger partial charge in [0.05, 0.1) is 0 Å². The Morgan fingerprint density at radius 2 is 1.29 bits per heavy atom. The van der Waals surface area contributed by atoms with Crippen LogP contribution < -0.4 is 0 Å². The minimum atomic E-state index is 0. The van der Waals surface area contributed by atoms with Crippen LogP contribution in [-0.2, 0) is 39.1 Å². The predicted octanol–water partition coefficient (Wildman–Crippen LogP) is 2.88. The van der Waals surface area contributed by atoms with Crippen molar-refractivity contribution in [3.8, 4) is 0 Å². The van der Waals surface area contributed by atoms with Crippen molar-refractivity contribution < 1.29 is 32.7 Å². The smallest absolute Gasteiger partial charge is 0 e. The van der Waals surface area contributed by atoms with Crippen molar-refractivity contribution in [2.24, 2.45) is 0 Å². The third-order valence-electron chi connectivity index (χ3n) is 1.93. The number of hydrogen-bond acceptors (Lipinski definition) is 0. The van der Waals surface area contributed by atoms with Gasteiger partial charge in [-0.25, -0.2) is 0 Å². The summed E-state index contributed by atoms with van der Waals surface area (Å²) in [5.74, 6) is 0. The van der Waals surface area contributed by atoms with Crippen molar-refractivity contribution >= 4 is 0 Å². The first kappa shape index (κ1) is 11.6. The fourth-order valence-corrected chi connectivity index (χ4v) is 1.29. The van der Waals surface area contributed by atoms with Gasteiger partial charge in [-0.15, -0.1) is 0 Å². The van der Waals surface area contributed by atoms with E-state index >= 15 is 0 Å². The summed E-state index contributed by atoms with van der Waals surface area (Å²) in [4.78, 5) is 0. The first-order chi connectivity index (χ1) is 6.45. The Balaban J connectivity index is 0.000000980. The molecule has 0 saturated heterocycles. The Morgan fingerprint density at radius 1 is 0.786 bits per heavy atom. The zero-order valence-electron chi connectivity index (χ0n) is 7.90. The van der Waals surface area contributed by atoms with Gasteiger partial charge in [0.1, 0.15) is 0 Å². The van der Waals surface area contributed by atoms with Gasteiger partial charge in [-0.3, -0.25) is 0 Å². The minimum Gasteiger partial charge on any atom is -0.180 e. The Morgan fingerprint density at radius 3 is 1.64 bits per heavy atom. The first-order valence-electron chi connectivity index (χ1n) is 4.36. The molecular formula is C13H10Y-2. The molecular weight excluding hydrogens is 245 g/mol. The van der Waals surface area contributed by atoms with Crippen LogP contribution in [0.4, 0.5) is 0 Å². The molecule has 0 aliphatic rings. The summed E-state index contributed by atoms with van der Waals surface area (Å²) in [5.41, 5.74) is 2.43. The third kappa shape index (κ3) is 3.36. The fourth-order valence-electron chi connectivity index (χ4n) is 1.29. The van der Waals surface area contributed by atoms with E-state index in [-0.39, 0.29) is 32.7 Å². The van der Waals surface area contributed by atoms with Crippen molar-refractivity contribution in [2.45, 2.75) is 6.42 Å². The van der Waals surface area contributed by atoms with Crippen LogP contribution in [0.25, 0.3) is 0 Å². The maximum Gasteiger partial charge on any atom is 0 e. The van der Waals surface area contributed by atoms with Crippen molar-refractivity contribution in [1.82, 2.24) is 0 Å². The Kier molecular flexibility index (Phi) is 5.07. The normalized spacial score (nSPS) is 9.14. The molecule has 0 spiro atoms. The number of benzene rings is 2. The van der Waals surface area contributed by atoms with Crippen molar-refractivity contribution in [1.29, 1.82) is 0 Å². The first-order valence-corrected chi connectivity index (χ1v) is 4.36. The summed E-state index contributed by atoms with van der Waals surface area (Å²) in [6.45, 7) is 0. The summed E-state index contributed by atoms with van der Waals surface area (Å²) in [6.07, 6.45) is 0.918. The Labute approximate surface area is 110 Å². The quantitative estimate of drug-likeness (QED) is 0.724. The minimum absolute atomic E-state index is 0. The maximum atomic E-state index is 3.20. The topological polar surface area (TPSA) is 0 Å². The second kappa shape index (κ2) is 6.11. The molecule has 0 aliphatic heterocycles. The number of hydrogen-bond donors (Lipinski definition) is 0. The fraction of sp³-hybridized carbons (Fsp3) is 0.0769. The molecule has 0 aliphatic carbocycles. The average molecular weight is 255 g/mol. The van der Waals surface area contributed by atoms with E-state index in [0.717, 1.165) is 6.42 Å². The SMILES string of the molecule is [Y].[c-]1ccccc1Cc1[c-]cccc1. The van der Waals surface area contributed by atoms with E-state index in [1.54, 1.807) is 0 Å². The molecule has 0 heterocycles. The van der Waals surface area contributed by atoms with E-state index in [1.807, 2.05) is 36.4 Å². The predicted molar refractivity (Wildman–Crippen MR) is 53.4 cm³/mol. The van der Waals surface area contributed by atoms with E-state index in [2.05, 4.69) is 24.3 Å². The molecule has 2 aromatic carbocycles. The molecule has 1 heteroatoms. The van der Waals surface area contributed by atoms with Gasteiger partial charge in [0, 0.05) is 32.7 Å². The molecule has 0 N–H and O–H groups in total. The summed E-state index contributed by atoms with van der Waals surface area (Å²) in [7, 11) is 0. The van der Waals surface area contributed by atoms with Crippen LogP contribution in [-0.4, -0.2) is 0 Å². The third-order valence-corrected chi connectivity index (χ3v) is 1.93. The van der Waals surface area contributed by atoms with Crippen LogP contribution in [0, 0.1) is 12.1 Å². The molecule has 0 unspecified atom stereocenters. The molecule has 2 rings (SSSR count). The Hall–Kier alpha value is -0.456. The summed E-state index contributed by atoms with van der Waals surface area (Å²) in [6, 6.07) is 22.5. The molecule has 0 nitrogen and oxygen atoms in total. The van der Waals surface area contributed by atoms with E-state index < -0.39 is 0 Å². The maximum absolute atomic E-state index is 3.20. The Bertz CT molecular complexity index is 316. The largest absolute Gasteiger partial charge is 0.180 e. The summed E-state index contributed by atoms with van der Waals surface area (Å²) >= 11 is 0. The zero-order chi connectivity index (χ0) is 8.93. The molecule has 0 bridgehead atoms. The summed E-state index contributed by atoms with van der Waals surface area (Å²) < 4.78 is 0. The van der Waals surface area contributed by atoms with Gasteiger partial charge in [-0.1, -0.05) is 0 Å². The molecule has 14 heavy (non-hydrogen) atoms. The van der Waals surface area contributed by atoms with Gasteiger partial charge in [0.25, 0.3) is 0 Å². The average Bonchev–Trinajstić information content (AvgIpc) is 2.21. The van der Waals surface area contributed by atoms with Crippen LogP contribution in [0.15, 0.2) is 48.5 Å². The molecule has 0 fully saturated rings. The van der Waals surface area contributed by atoms with E-state index in [0.29, 0.717) is 0 Å².